The molecule has 0 bridgehead atoms. The first-order chi connectivity index (χ1) is 13.4. The topological polar surface area (TPSA) is 42.4 Å². The lowest BCUT2D eigenvalue weighted by atomic mass is 10.1. The number of hydrogen-bond donors (Lipinski definition) is 0. The number of thiazole rings is 1. The van der Waals surface area contributed by atoms with E-state index in [0.29, 0.717) is 27.3 Å². The van der Waals surface area contributed by atoms with E-state index in [1.54, 1.807) is 23.1 Å². The molecule has 0 saturated carbocycles. The number of ether oxygens (including phenoxy) is 1. The molecule has 1 fully saturated rings. The molecule has 146 valence electrons. The highest BCUT2D eigenvalue weighted by Crippen LogP contribution is 2.34. The van der Waals surface area contributed by atoms with E-state index in [1.165, 1.54) is 11.3 Å². The van der Waals surface area contributed by atoms with Gasteiger partial charge in [0.2, 0.25) is 0 Å². The molecule has 1 aliphatic rings. The first-order valence-corrected chi connectivity index (χ1v) is 10.8. The quantitative estimate of drug-likeness (QED) is 0.501. The molecule has 1 aliphatic heterocycles. The van der Waals surface area contributed by atoms with Crippen LogP contribution in [0.2, 0.25) is 10.0 Å². The molecule has 1 aromatic heterocycles. The number of benzene rings is 2. The number of carbonyl (C=O) groups excluding carboxylic acids is 1. The minimum Gasteiger partial charge on any atom is -0.376 e. The van der Waals surface area contributed by atoms with E-state index in [-0.39, 0.29) is 12.0 Å². The van der Waals surface area contributed by atoms with Crippen LogP contribution in [0.3, 0.4) is 0 Å². The number of aromatic nitrogens is 1. The predicted molar refractivity (Wildman–Crippen MR) is 116 cm³/mol. The van der Waals surface area contributed by atoms with Gasteiger partial charge in [0.05, 0.1) is 22.9 Å². The third-order valence-corrected chi connectivity index (χ3v) is 6.58. The molecule has 1 saturated heterocycles. The van der Waals surface area contributed by atoms with Gasteiger partial charge in [0.15, 0.2) is 5.13 Å². The molecule has 3 aromatic rings. The lowest BCUT2D eigenvalue weighted by molar-refractivity contribution is 0.0917. The Morgan fingerprint density at radius 2 is 1.93 bits per heavy atom. The lowest BCUT2D eigenvalue weighted by Crippen LogP contribution is -2.37. The van der Waals surface area contributed by atoms with E-state index >= 15 is 0 Å². The molecule has 0 radical (unpaired) electrons. The molecular formula is C21H20Cl2N2O2S. The van der Waals surface area contributed by atoms with E-state index in [9.17, 15) is 4.79 Å². The molecule has 2 aromatic carbocycles. The largest absolute Gasteiger partial charge is 0.376 e. The Labute approximate surface area is 178 Å². The second kappa shape index (κ2) is 7.99. The van der Waals surface area contributed by atoms with Gasteiger partial charge in [-0.3, -0.25) is 9.69 Å². The molecule has 2 heterocycles. The fourth-order valence-electron chi connectivity index (χ4n) is 3.44. The average molecular weight is 435 g/mol. The second-order valence-corrected chi connectivity index (χ2v) is 8.93. The molecule has 7 heteroatoms. The summed E-state index contributed by atoms with van der Waals surface area (Å²) in [5.74, 6) is -0.172. The summed E-state index contributed by atoms with van der Waals surface area (Å²) in [4.78, 5) is 19.9. The summed E-state index contributed by atoms with van der Waals surface area (Å²) in [6, 6.07) is 9.05. The van der Waals surface area contributed by atoms with Gasteiger partial charge >= 0.3 is 0 Å². The molecule has 4 rings (SSSR count). The molecular weight excluding hydrogens is 415 g/mol. The number of halogens is 2. The molecule has 0 aliphatic carbocycles. The fraction of sp³-hybridized carbons (Fsp3) is 0.333. The first-order valence-electron chi connectivity index (χ1n) is 9.18. The number of aryl methyl sites for hydroxylation is 2. The number of amides is 1. The summed E-state index contributed by atoms with van der Waals surface area (Å²) < 4.78 is 6.89. The zero-order chi connectivity index (χ0) is 19.8. The van der Waals surface area contributed by atoms with Crippen LogP contribution in [0.15, 0.2) is 30.3 Å². The predicted octanol–water partition coefficient (Wildman–Crippen LogP) is 6.05. The monoisotopic (exact) mass is 434 g/mol. The summed E-state index contributed by atoms with van der Waals surface area (Å²) in [5.41, 5.74) is 3.63. The van der Waals surface area contributed by atoms with Crippen LogP contribution in [0.25, 0.3) is 10.2 Å². The number of fused-ring (bicyclic) bond motifs is 1. The van der Waals surface area contributed by atoms with Gasteiger partial charge in [-0.15, -0.1) is 0 Å². The van der Waals surface area contributed by atoms with Crippen molar-refractivity contribution in [3.63, 3.8) is 0 Å². The Balaban J connectivity index is 1.78. The maximum Gasteiger partial charge on any atom is 0.260 e. The van der Waals surface area contributed by atoms with Gasteiger partial charge in [-0.1, -0.05) is 46.7 Å². The number of carbonyl (C=O) groups is 1. The maximum atomic E-state index is 13.4. The Bertz CT molecular complexity index is 985. The van der Waals surface area contributed by atoms with Crippen LogP contribution in [0.5, 0.6) is 0 Å². The normalized spacial score (nSPS) is 16.6. The van der Waals surface area contributed by atoms with Crippen molar-refractivity contribution in [1.82, 2.24) is 4.98 Å². The Morgan fingerprint density at radius 3 is 2.57 bits per heavy atom. The van der Waals surface area contributed by atoms with Gasteiger partial charge in [-0.05, 0) is 56.0 Å². The second-order valence-electron chi connectivity index (χ2n) is 7.08. The Kier molecular flexibility index (Phi) is 5.61. The van der Waals surface area contributed by atoms with Crippen molar-refractivity contribution >= 4 is 55.8 Å². The fourth-order valence-corrected chi connectivity index (χ4v) is 5.08. The lowest BCUT2D eigenvalue weighted by Gasteiger charge is -2.23. The highest BCUT2D eigenvalue weighted by molar-refractivity contribution is 7.22. The summed E-state index contributed by atoms with van der Waals surface area (Å²) in [6.07, 6.45) is 1.95. The van der Waals surface area contributed by atoms with Gasteiger partial charge in [0.1, 0.15) is 0 Å². The van der Waals surface area contributed by atoms with Crippen molar-refractivity contribution in [2.24, 2.45) is 0 Å². The molecule has 4 nitrogen and oxygen atoms in total. The van der Waals surface area contributed by atoms with Crippen LogP contribution < -0.4 is 4.90 Å². The smallest absolute Gasteiger partial charge is 0.260 e. The number of nitrogens with zero attached hydrogens (tertiary/aromatic N) is 2. The summed E-state index contributed by atoms with van der Waals surface area (Å²) in [5, 5.41) is 1.54. The third-order valence-electron chi connectivity index (χ3n) is 4.93. The van der Waals surface area contributed by atoms with Gasteiger partial charge in [0, 0.05) is 22.2 Å². The summed E-state index contributed by atoms with van der Waals surface area (Å²) >= 11 is 13.8. The molecule has 28 heavy (non-hydrogen) atoms. The maximum absolute atomic E-state index is 13.4. The van der Waals surface area contributed by atoms with Crippen molar-refractivity contribution in [1.29, 1.82) is 0 Å². The average Bonchev–Trinajstić information content (AvgIpc) is 3.31. The molecule has 0 N–H and O–H groups in total. The van der Waals surface area contributed by atoms with Crippen LogP contribution >= 0.6 is 34.5 Å². The molecule has 0 spiro atoms. The number of rotatable bonds is 4. The Hall–Kier alpha value is -1.66. The van der Waals surface area contributed by atoms with Crippen LogP contribution in [0.4, 0.5) is 5.13 Å². The molecule has 1 unspecified atom stereocenters. The summed E-state index contributed by atoms with van der Waals surface area (Å²) in [7, 11) is 0. The van der Waals surface area contributed by atoms with E-state index in [4.69, 9.17) is 32.9 Å². The van der Waals surface area contributed by atoms with E-state index < -0.39 is 0 Å². The zero-order valence-corrected chi connectivity index (χ0v) is 18.0. The van der Waals surface area contributed by atoms with Crippen molar-refractivity contribution < 1.29 is 9.53 Å². The van der Waals surface area contributed by atoms with Crippen LogP contribution in [-0.2, 0) is 4.74 Å². The zero-order valence-electron chi connectivity index (χ0n) is 15.7. The Morgan fingerprint density at radius 1 is 1.21 bits per heavy atom. The first kappa shape index (κ1) is 19.6. The molecule has 1 amide bonds. The van der Waals surface area contributed by atoms with Crippen LogP contribution in [0.1, 0.15) is 34.3 Å². The van der Waals surface area contributed by atoms with Crippen molar-refractivity contribution in [2.75, 3.05) is 18.1 Å². The number of anilines is 1. The van der Waals surface area contributed by atoms with Crippen LogP contribution in [-0.4, -0.2) is 30.1 Å². The number of hydrogen-bond acceptors (Lipinski definition) is 4. The highest BCUT2D eigenvalue weighted by atomic mass is 35.5. The standard InChI is InChI=1S/C21H20Cl2N2O2S/c1-12-5-6-13(2)19-18(12)24-21(28-19)25(11-17-4-3-7-27-17)20(26)14-8-15(22)10-16(23)9-14/h5-6,8-10,17H,3-4,7,11H2,1-2H3. The van der Waals surface area contributed by atoms with E-state index in [0.717, 1.165) is 40.8 Å². The molecule has 1 atom stereocenters. The van der Waals surface area contributed by atoms with Gasteiger partial charge in [-0.25, -0.2) is 4.98 Å². The van der Waals surface area contributed by atoms with Crippen molar-refractivity contribution in [2.45, 2.75) is 32.8 Å². The minimum absolute atomic E-state index is 0.00723. The van der Waals surface area contributed by atoms with E-state index in [2.05, 4.69) is 19.1 Å². The van der Waals surface area contributed by atoms with Crippen molar-refractivity contribution in [3.05, 3.63) is 57.1 Å². The van der Waals surface area contributed by atoms with Gasteiger partial charge in [-0.2, -0.15) is 0 Å². The van der Waals surface area contributed by atoms with Gasteiger partial charge in [0.25, 0.3) is 5.91 Å². The highest BCUT2D eigenvalue weighted by Gasteiger charge is 2.27. The SMILES string of the molecule is Cc1ccc(C)c2sc(N(CC3CCCO3)C(=O)c3cc(Cl)cc(Cl)c3)nc12. The minimum atomic E-state index is -0.172. The third kappa shape index (κ3) is 3.90. The van der Waals surface area contributed by atoms with Gasteiger partial charge < -0.3 is 4.74 Å². The summed E-state index contributed by atoms with van der Waals surface area (Å²) in [6.45, 7) is 5.29. The van der Waals surface area contributed by atoms with Crippen LogP contribution in [0, 0.1) is 13.8 Å². The van der Waals surface area contributed by atoms with Crippen molar-refractivity contribution in [3.8, 4) is 0 Å². The van der Waals surface area contributed by atoms with E-state index in [1.807, 2.05) is 6.92 Å².